The number of sulfone groups is 2. The van der Waals surface area contributed by atoms with Crippen LogP contribution in [0.3, 0.4) is 0 Å². The maximum absolute atomic E-state index is 13.0. The van der Waals surface area contributed by atoms with Gasteiger partial charge in [-0.1, -0.05) is 54.9 Å². The van der Waals surface area contributed by atoms with Crippen molar-refractivity contribution in [3.8, 4) is 0 Å². The second-order valence-electron chi connectivity index (χ2n) is 15.1. The average molecular weight is 974 g/mol. The van der Waals surface area contributed by atoms with Crippen molar-refractivity contribution < 1.29 is 57.7 Å². The molecule has 2 fully saturated rings. The molecule has 2 amide bonds. The average Bonchev–Trinajstić information content (AvgIpc) is 4.00. The summed E-state index contributed by atoms with van der Waals surface area (Å²) < 4.78 is 124. The number of nitrogens with two attached hydrogens (primary N) is 1. The van der Waals surface area contributed by atoms with Gasteiger partial charge < -0.3 is 15.5 Å². The summed E-state index contributed by atoms with van der Waals surface area (Å²) in [6.45, 7) is -0.699. The summed E-state index contributed by atoms with van der Waals surface area (Å²) in [5.74, 6) is -1.38. The van der Waals surface area contributed by atoms with Crippen LogP contribution in [0.4, 0.5) is 37.7 Å². The Labute approximate surface area is 369 Å². The minimum Gasteiger partial charge on any atom is -0.398 e. The molecule has 2 atom stereocenters. The Kier molecular flexibility index (Phi) is 16.7. The molecule has 14 nitrogen and oxygen atoms in total. The Balaban J connectivity index is 0.000000273. The number of benzene rings is 2. The molecule has 0 saturated carbocycles. The van der Waals surface area contributed by atoms with Gasteiger partial charge in [-0.3, -0.25) is 29.7 Å². The van der Waals surface area contributed by atoms with Gasteiger partial charge in [-0.05, 0) is 66.9 Å². The molecule has 0 aromatic heterocycles. The van der Waals surface area contributed by atoms with E-state index < -0.39 is 66.7 Å². The first kappa shape index (κ1) is 51.1. The number of anilines is 1. The number of aliphatic imine (C=N–C) groups is 2. The zero-order valence-corrected chi connectivity index (χ0v) is 35.7. The molecule has 4 aliphatic rings. The van der Waals surface area contributed by atoms with Crippen LogP contribution < -0.4 is 5.73 Å². The van der Waals surface area contributed by atoms with Crippen LogP contribution in [0.1, 0.15) is 44.2 Å². The van der Waals surface area contributed by atoms with E-state index in [0.717, 1.165) is 6.08 Å². The van der Waals surface area contributed by atoms with Crippen molar-refractivity contribution in [1.29, 1.82) is 0 Å². The maximum atomic E-state index is 13.0. The molecule has 2 unspecified atom stereocenters. The number of hydrogen-bond acceptors (Lipinski definition) is 11. The number of nitrogens with zero attached hydrogens (tertiary/aromatic N) is 5. The molecular formula is C39H44Cl2F6N6O8S2. The van der Waals surface area contributed by atoms with E-state index in [1.165, 1.54) is 28.0 Å². The van der Waals surface area contributed by atoms with Crippen molar-refractivity contribution >= 4 is 77.5 Å². The summed E-state index contributed by atoms with van der Waals surface area (Å²) in [5.41, 5.74) is 4.10. The molecule has 0 radical (unpaired) electrons. The van der Waals surface area contributed by atoms with Gasteiger partial charge in [-0.2, -0.15) is 26.3 Å². The predicted octanol–water partition coefficient (Wildman–Crippen LogP) is 7.00. The minimum atomic E-state index is -4.69. The number of carbonyl (C=O) groups excluding carboxylic acids is 2. The number of nitro groups is 1. The quantitative estimate of drug-likeness (QED) is 0.0949. The number of carbonyl (C=O) groups is 2. The molecule has 2 aromatic rings. The molecule has 2 aromatic carbocycles. The third-order valence-corrected chi connectivity index (χ3v) is 15.1. The summed E-state index contributed by atoms with van der Waals surface area (Å²) in [7, 11) is -6.21. The Morgan fingerprint density at radius 2 is 1.16 bits per heavy atom. The summed E-state index contributed by atoms with van der Waals surface area (Å²) in [4.78, 5) is 45.8. The number of hydrogen-bond donors (Lipinski definition) is 1. The zero-order valence-electron chi connectivity index (χ0n) is 32.6. The molecule has 0 spiro atoms. The highest BCUT2D eigenvalue weighted by atomic mass is 35.5. The van der Waals surface area contributed by atoms with Crippen LogP contribution in [-0.4, -0.2) is 116 Å². The highest BCUT2D eigenvalue weighted by molar-refractivity contribution is 7.91. The Morgan fingerprint density at radius 3 is 1.52 bits per heavy atom. The van der Waals surface area contributed by atoms with Gasteiger partial charge in [-0.25, -0.2) is 16.8 Å². The molecule has 0 aliphatic carbocycles. The lowest BCUT2D eigenvalue weighted by Crippen LogP contribution is -2.34. The number of nitro benzene ring substituents is 1. The van der Waals surface area contributed by atoms with Crippen LogP contribution in [0.5, 0.6) is 0 Å². The van der Waals surface area contributed by atoms with Crippen LogP contribution in [0, 0.1) is 22.0 Å². The first-order valence-corrected chi connectivity index (χ1v) is 23.3. The van der Waals surface area contributed by atoms with Crippen LogP contribution >= 0.6 is 23.2 Å². The van der Waals surface area contributed by atoms with Gasteiger partial charge in [0.1, 0.15) is 16.4 Å². The van der Waals surface area contributed by atoms with Crippen molar-refractivity contribution in [3.63, 3.8) is 0 Å². The van der Waals surface area contributed by atoms with E-state index in [2.05, 4.69) is 9.98 Å². The normalized spacial score (nSPS) is 20.1. The Bertz CT molecular complexity index is 2440. The van der Waals surface area contributed by atoms with Crippen LogP contribution in [0.15, 0.2) is 69.7 Å². The third-order valence-electron chi connectivity index (χ3n) is 10.5. The first-order chi connectivity index (χ1) is 28.8. The van der Waals surface area contributed by atoms with Crippen molar-refractivity contribution in [2.45, 2.75) is 58.6 Å². The van der Waals surface area contributed by atoms with Gasteiger partial charge in [0.05, 0.1) is 51.7 Å². The Hall–Kier alpha value is -4.54. The molecule has 0 bridgehead atoms. The van der Waals surface area contributed by atoms with Gasteiger partial charge in [0.2, 0.25) is 0 Å². The van der Waals surface area contributed by atoms with E-state index >= 15 is 0 Å². The molecule has 63 heavy (non-hydrogen) atoms. The van der Waals surface area contributed by atoms with E-state index in [0.29, 0.717) is 43.0 Å². The van der Waals surface area contributed by atoms with Crippen molar-refractivity contribution in [1.82, 2.24) is 9.80 Å². The molecule has 346 valence electrons. The smallest absolute Gasteiger partial charge is 0.398 e. The molecule has 2 saturated heterocycles. The van der Waals surface area contributed by atoms with Gasteiger partial charge in [-0.15, -0.1) is 0 Å². The first-order valence-electron chi connectivity index (χ1n) is 18.9. The van der Waals surface area contributed by atoms with Crippen molar-refractivity contribution in [2.24, 2.45) is 21.8 Å². The number of allylic oxidation sites excluding steroid dienone is 2. The van der Waals surface area contributed by atoms with Gasteiger partial charge in [0, 0.05) is 43.4 Å². The summed E-state index contributed by atoms with van der Waals surface area (Å²) in [5, 5.41) is 11.2. The molecule has 24 heteroatoms. The van der Waals surface area contributed by atoms with Crippen molar-refractivity contribution in [3.05, 3.63) is 91.0 Å². The summed E-state index contributed by atoms with van der Waals surface area (Å²) in [6, 6.07) is 9.03. The second-order valence-corrected chi connectivity index (χ2v) is 20.3. The van der Waals surface area contributed by atoms with Crippen LogP contribution in [0.2, 0.25) is 10.0 Å². The van der Waals surface area contributed by atoms with E-state index in [1.807, 2.05) is 0 Å². The van der Waals surface area contributed by atoms with Crippen LogP contribution in [0.25, 0.3) is 0 Å². The zero-order chi connectivity index (χ0) is 45.8. The summed E-state index contributed by atoms with van der Waals surface area (Å²) >= 11 is 12.3. The minimum absolute atomic E-state index is 0. The Morgan fingerprint density at radius 1 is 0.746 bits per heavy atom. The van der Waals surface area contributed by atoms with E-state index in [9.17, 15) is 62.9 Å². The maximum Gasteiger partial charge on any atom is 0.432 e. The summed E-state index contributed by atoms with van der Waals surface area (Å²) in [6.07, 6.45) is -6.18. The standard InChI is InChI=1S/C19H19ClF3N3O5S.C19H21ClF3N3O3S.CH4/c20-17-13(2-1-3-15(17)26(28)29)10-25(6-4-12-5-7-32(30,31)11-12)18(27)14-8-16(24-9-14)19(21,22)23;20-17-13(2-1-3-15(17)24)10-26(6-4-12-5-7-30(28,29)11-12)18(27)14-8-16(25-9-14)19(21,22)23;/h1-3,8,12H,4-7,9-11H2;1-3,8,12H,4-7,9-11,24H2;1H4. The molecule has 6 rings (SSSR count). The fraction of sp³-hybridized carbons (Fsp3) is 0.487. The van der Waals surface area contributed by atoms with Crippen LogP contribution in [-0.2, 0) is 42.4 Å². The van der Waals surface area contributed by atoms with E-state index in [4.69, 9.17) is 28.9 Å². The number of halogens is 8. The lowest BCUT2D eigenvalue weighted by Gasteiger charge is -2.25. The third kappa shape index (κ3) is 13.7. The lowest BCUT2D eigenvalue weighted by atomic mass is 10.0. The topological polar surface area (TPSA) is 203 Å². The molecule has 4 heterocycles. The monoisotopic (exact) mass is 972 g/mol. The molecule has 4 aliphatic heterocycles. The fourth-order valence-corrected chi connectivity index (χ4v) is 11.5. The highest BCUT2D eigenvalue weighted by Gasteiger charge is 2.39. The van der Waals surface area contributed by atoms with Gasteiger partial charge >= 0.3 is 12.4 Å². The number of alkyl halides is 6. The highest BCUT2D eigenvalue weighted by Crippen LogP contribution is 2.32. The molecule has 2 N–H and O–H groups in total. The number of amides is 2. The molecular weight excluding hydrogens is 929 g/mol. The fourth-order valence-electron chi connectivity index (χ4n) is 7.20. The van der Waals surface area contributed by atoms with E-state index in [1.54, 1.807) is 18.2 Å². The van der Waals surface area contributed by atoms with Gasteiger partial charge in [0.25, 0.3) is 17.5 Å². The van der Waals surface area contributed by atoms with E-state index in [-0.39, 0.29) is 107 Å². The predicted molar refractivity (Wildman–Crippen MR) is 227 cm³/mol. The second kappa shape index (κ2) is 20.5. The van der Waals surface area contributed by atoms with Gasteiger partial charge in [0.15, 0.2) is 19.7 Å². The SMILES string of the molecule is C.Nc1cccc(CN(CCC2CCS(=O)(=O)C2)C(=O)C2=CC(C(F)(F)F)=NC2)c1Cl.O=C(C1=CC(C(F)(F)F)=NC1)N(CCC1CCS(=O)(=O)C1)Cc1cccc([N+](=O)[O-])c1Cl. The van der Waals surface area contributed by atoms with Crippen molar-refractivity contribution in [2.75, 3.05) is 54.9 Å². The number of nitrogen functional groups attached to an aromatic ring is 1. The number of rotatable bonds is 13. The largest absolute Gasteiger partial charge is 0.432 e. The lowest BCUT2D eigenvalue weighted by molar-refractivity contribution is -0.384.